The molecule has 2 atom stereocenters. The number of alkyl halides is 3. The second kappa shape index (κ2) is 34.8. The van der Waals surface area contributed by atoms with Crippen LogP contribution in [0.3, 0.4) is 0 Å². The summed E-state index contributed by atoms with van der Waals surface area (Å²) in [4.78, 5) is 29.3. The number of para-hydroxylation sites is 1. The molecule has 10 N–H and O–H groups in total. The number of aromatic nitrogens is 26. The lowest BCUT2D eigenvalue weighted by Crippen LogP contribution is -2.31. The Bertz CT molecular complexity index is 8880. The van der Waals surface area contributed by atoms with E-state index in [4.69, 9.17) is 25.7 Å². The van der Waals surface area contributed by atoms with Gasteiger partial charge in [0.25, 0.3) is 0 Å². The number of fused-ring (bicyclic) bond motifs is 25. The molecule has 1 aliphatic heterocycles. The number of rotatable bonds is 9. The number of thiophene rings is 1. The van der Waals surface area contributed by atoms with Crippen LogP contribution in [-0.4, -0.2) is 157 Å². The molecular weight excluding hydrogens is 1800 g/mol. The number of halogens is 3. The maximum atomic E-state index is 13.4. The molecule has 23 aromatic rings. The Kier molecular flexibility index (Phi) is 21.4. The zero-order chi connectivity index (χ0) is 94.1. The third-order valence-corrected chi connectivity index (χ3v) is 31.6. The quantitative estimate of drug-likeness (QED) is 0.0648. The Morgan fingerprint density at radius 3 is 1.24 bits per heavy atom. The molecular formula is C106H92F3N27O2S2. The number of pyridine rings is 6. The molecule has 29 rings (SSSR count). The van der Waals surface area contributed by atoms with Gasteiger partial charge in [-0.15, -0.1) is 0 Å². The summed E-state index contributed by atoms with van der Waals surface area (Å²) in [5.74, 6) is 0.367. The van der Waals surface area contributed by atoms with Crippen LogP contribution in [0.1, 0.15) is 132 Å². The Morgan fingerprint density at radius 2 is 0.807 bits per heavy atom. The van der Waals surface area contributed by atoms with E-state index in [9.17, 15) is 21.6 Å². The van der Waals surface area contributed by atoms with E-state index >= 15 is 0 Å². The summed E-state index contributed by atoms with van der Waals surface area (Å²) in [6, 6.07) is 36.5. The molecule has 0 bridgehead atoms. The summed E-state index contributed by atoms with van der Waals surface area (Å²) in [6.07, 6.45) is 42.0. The number of benzene rings is 6. The third kappa shape index (κ3) is 15.2. The molecule has 5 aliphatic carbocycles. The summed E-state index contributed by atoms with van der Waals surface area (Å²) in [5.41, 5.74) is 41.3. The van der Waals surface area contributed by atoms with Gasteiger partial charge in [0.05, 0.1) is 185 Å². The van der Waals surface area contributed by atoms with Crippen LogP contribution in [0.4, 0.5) is 13.2 Å². The maximum absolute atomic E-state index is 13.4. The van der Waals surface area contributed by atoms with Gasteiger partial charge in [-0.1, -0.05) is 18.2 Å². The van der Waals surface area contributed by atoms with Gasteiger partial charge in [0, 0.05) is 123 Å². The van der Waals surface area contributed by atoms with Crippen molar-refractivity contribution in [3.8, 4) is 84.5 Å². The molecule has 6 aliphatic rings. The molecule has 140 heavy (non-hydrogen) atoms. The van der Waals surface area contributed by atoms with Crippen molar-refractivity contribution in [3.63, 3.8) is 0 Å². The van der Waals surface area contributed by atoms with E-state index in [0.29, 0.717) is 30.5 Å². The first-order chi connectivity index (χ1) is 68.5. The van der Waals surface area contributed by atoms with Crippen molar-refractivity contribution in [1.82, 2.24) is 131 Å². The smallest absolute Gasteiger partial charge is 0.327 e. The van der Waals surface area contributed by atoms with Gasteiger partial charge in [-0.25, -0.2) is 38.0 Å². The third-order valence-electron chi connectivity index (χ3n) is 29.1. The minimum atomic E-state index is -4.54. The van der Waals surface area contributed by atoms with E-state index in [2.05, 4.69) is 179 Å². The number of nitrogens with zero attached hydrogens (tertiary/aromatic N) is 18. The van der Waals surface area contributed by atoms with Gasteiger partial charge >= 0.3 is 6.18 Å². The SMILES string of the molecule is CC1(n2cc(-c3nc4ccc5[nH]ncc5c4c4c3CCCC4)cn2)CCS(=O)(=O)C1.NC1CCc2c(c(-c3cn[nH]c3C(F)(F)F)nc3ccc4[nH]ncc4c23)C1.c1cc(-c2[nH]ncc2-c2nc3ccc4[nH]ncc4c3c3c2CCCC3)cs1.c1ccc(-n2cc(-c3nc4ccc5[nH]ncc5c4c4c3CCCC4)cn2)cc1.c1cncc(-c2[nH]ncc2-c2nc3ccc4[nH]ncc4c3c3c2CCCC3)c1. The first-order valence-electron chi connectivity index (χ1n) is 47.7. The highest BCUT2D eigenvalue weighted by atomic mass is 32.2. The highest BCUT2D eigenvalue weighted by Crippen LogP contribution is 2.48. The monoisotopic (exact) mass is 1900 g/mol. The van der Waals surface area contributed by atoms with Gasteiger partial charge in [-0.3, -0.25) is 50.5 Å². The minimum absolute atomic E-state index is 0.0398. The van der Waals surface area contributed by atoms with Gasteiger partial charge in [-0.05, 0) is 287 Å². The Labute approximate surface area is 800 Å². The Hall–Kier alpha value is -15.7. The van der Waals surface area contributed by atoms with E-state index in [-0.39, 0.29) is 23.1 Å². The number of aryl methyl sites for hydroxylation is 5. The van der Waals surface area contributed by atoms with Crippen LogP contribution in [0.5, 0.6) is 0 Å². The summed E-state index contributed by atoms with van der Waals surface area (Å²) in [6.45, 7) is 1.98. The zero-order valence-electron chi connectivity index (χ0n) is 76.2. The lowest BCUT2D eigenvalue weighted by Gasteiger charge is -2.25. The topological polar surface area (TPSA) is 403 Å². The molecule has 29 nitrogen and oxygen atoms in total. The number of aromatic amines is 8. The van der Waals surface area contributed by atoms with Crippen LogP contribution in [0.25, 0.3) is 194 Å². The van der Waals surface area contributed by atoms with Gasteiger partial charge in [0.2, 0.25) is 0 Å². The van der Waals surface area contributed by atoms with Crippen molar-refractivity contribution < 1.29 is 21.6 Å². The predicted octanol–water partition coefficient (Wildman–Crippen LogP) is 21.1. The van der Waals surface area contributed by atoms with Crippen molar-refractivity contribution in [2.75, 3.05) is 11.5 Å². The van der Waals surface area contributed by atoms with Crippen LogP contribution in [0.15, 0.2) is 207 Å². The predicted molar refractivity (Wildman–Crippen MR) is 539 cm³/mol. The molecule has 6 aromatic carbocycles. The average Bonchev–Trinajstić information content (AvgIpc) is 1.63. The average molecular weight is 1900 g/mol. The van der Waals surface area contributed by atoms with Crippen LogP contribution < -0.4 is 5.73 Å². The van der Waals surface area contributed by atoms with Crippen molar-refractivity contribution in [2.45, 2.75) is 153 Å². The van der Waals surface area contributed by atoms with E-state index in [0.717, 1.165) is 214 Å². The van der Waals surface area contributed by atoms with Crippen LogP contribution in [0, 0.1) is 0 Å². The summed E-state index contributed by atoms with van der Waals surface area (Å²) >= 11 is 1.70. The summed E-state index contributed by atoms with van der Waals surface area (Å²) in [5, 5.41) is 82.0. The van der Waals surface area contributed by atoms with Crippen LogP contribution in [0.2, 0.25) is 0 Å². The number of hydrogen-bond donors (Lipinski definition) is 9. The standard InChI is InChI=1S/C23H19N5.C22H18N6.C22H23N5O2S.C21H17N5S.C18H15F3N6/c1-2-6-16(7-3-1)28-14-15(12-25-28)23-18-9-5-4-8-17(18)22-19-13-24-27-20(19)10-11-21(22)26-23;1-2-6-15-14(5-1)20-16-11-24-27-18(16)7-8-19(20)26-22(15)17-12-25-28-21(17)13-4-3-9-23-10-13;1-22(8-9-30(28,29)13-22)27-12-14(10-24-27)21-16-5-3-2-4-15(16)20-17-11-23-26-18(17)6-7-19(20)25-21;1-2-4-14-13(3-1)19-15-9-22-25-17(15)5-6-18(19)24-21(14)16-10-23-26-20(16)12-7-8-27-11-12;19-18(20,21)17-12(7-24-27-17)16-10-5-8(22)1-2-9(10)15-11-6-23-26-13(11)3-4-14(15)25-16/h1-3,6-7,10-14H,4-5,8-9H2,(H,24,27);3-4,7-12H,1-2,5-6H2,(H,24,27)(H,25,28);6-7,10-12H,2-5,8-9,13H2,1H3,(H,23,26);5-11H,1-4H2,(H,22,25)(H,23,26);3-4,6-8H,1-2,5,22H2,(H,23,26)(H,24,27). The fraction of sp³-hybridized carbons (Fsp3) is 0.245. The Balaban J connectivity index is 0.0000000924. The van der Waals surface area contributed by atoms with E-state index < -0.39 is 27.2 Å². The second-order valence-electron chi connectivity index (χ2n) is 37.6. The molecule has 2 unspecified atom stereocenters. The molecule has 0 saturated carbocycles. The molecule has 18 heterocycles. The normalized spacial score (nSPS) is 16.6. The number of sulfone groups is 1. The van der Waals surface area contributed by atoms with Crippen molar-refractivity contribution >= 4 is 130 Å². The first-order valence-corrected chi connectivity index (χ1v) is 50.4. The number of hydrogen-bond acceptors (Lipinski definition) is 20. The number of H-pyrrole nitrogens is 8. The van der Waals surface area contributed by atoms with E-state index in [1.807, 2.05) is 127 Å². The summed E-state index contributed by atoms with van der Waals surface area (Å²) < 4.78 is 68.1. The fourth-order valence-corrected chi connectivity index (χ4v) is 25.2. The highest BCUT2D eigenvalue weighted by Gasteiger charge is 2.42. The molecule has 0 amide bonds. The molecule has 1 saturated heterocycles. The molecule has 0 radical (unpaired) electrons. The van der Waals surface area contributed by atoms with Crippen molar-refractivity contribution in [2.24, 2.45) is 5.73 Å². The lowest BCUT2D eigenvalue weighted by atomic mass is 9.83. The van der Waals surface area contributed by atoms with Gasteiger partial charge < -0.3 is 5.73 Å². The molecule has 0 spiro atoms. The lowest BCUT2D eigenvalue weighted by molar-refractivity contribution is -0.140. The van der Waals surface area contributed by atoms with E-state index in [1.165, 1.54) is 134 Å². The maximum Gasteiger partial charge on any atom is 0.433 e. The van der Waals surface area contributed by atoms with E-state index in [1.54, 1.807) is 23.7 Å². The number of nitrogens with two attached hydrogens (primary N) is 1. The Morgan fingerprint density at radius 1 is 0.400 bits per heavy atom. The number of nitrogens with one attached hydrogen (secondary N) is 8. The molecule has 17 aromatic heterocycles. The summed E-state index contributed by atoms with van der Waals surface area (Å²) in [7, 11) is -3.00. The fourth-order valence-electron chi connectivity index (χ4n) is 22.5. The second-order valence-corrected chi connectivity index (χ2v) is 40.6. The minimum Gasteiger partial charge on any atom is -0.327 e. The largest absolute Gasteiger partial charge is 0.433 e. The van der Waals surface area contributed by atoms with Gasteiger partial charge in [-0.2, -0.15) is 75.5 Å². The molecule has 1 fully saturated rings. The van der Waals surface area contributed by atoms with Crippen LogP contribution >= 0.6 is 11.3 Å². The first kappa shape index (κ1) is 85.9. The van der Waals surface area contributed by atoms with Crippen molar-refractivity contribution in [3.05, 3.63) is 268 Å². The van der Waals surface area contributed by atoms with Gasteiger partial charge in [0.1, 0.15) is 5.69 Å². The zero-order valence-corrected chi connectivity index (χ0v) is 77.8. The van der Waals surface area contributed by atoms with Gasteiger partial charge in [0.15, 0.2) is 9.84 Å². The molecule has 696 valence electrons. The highest BCUT2D eigenvalue weighted by molar-refractivity contribution is 7.91. The van der Waals surface area contributed by atoms with Crippen LogP contribution in [-0.2, 0) is 85.8 Å². The molecule has 34 heteroatoms. The van der Waals surface area contributed by atoms with Crippen molar-refractivity contribution in [1.29, 1.82) is 0 Å².